The number of ether oxygens (including phenoxy) is 2. The van der Waals surface area contributed by atoms with E-state index >= 15 is 0 Å². The largest absolute Gasteiger partial charge is 0.507 e. The highest BCUT2D eigenvalue weighted by atomic mass is 16.5. The minimum atomic E-state index is 0.389. The summed E-state index contributed by atoms with van der Waals surface area (Å²) in [7, 11) is 3.46. The summed E-state index contributed by atoms with van der Waals surface area (Å²) in [5, 5.41) is 13.1. The Balaban J connectivity index is 1.80. The zero-order valence-corrected chi connectivity index (χ0v) is 16.3. The van der Waals surface area contributed by atoms with E-state index in [-0.39, 0.29) is 0 Å². The Labute approximate surface area is 164 Å². The first-order valence-electron chi connectivity index (χ1n) is 10.3. The average Bonchev–Trinajstić information content (AvgIpc) is 3.15. The molecule has 1 saturated carbocycles. The molecule has 0 bridgehead atoms. The fourth-order valence-electron chi connectivity index (χ4n) is 6.07. The van der Waals surface area contributed by atoms with Crippen molar-refractivity contribution in [1.82, 2.24) is 0 Å². The predicted octanol–water partition coefficient (Wildman–Crippen LogP) is 5.69. The quantitative estimate of drug-likeness (QED) is 0.628. The van der Waals surface area contributed by atoms with Crippen LogP contribution in [0.25, 0.3) is 21.9 Å². The van der Waals surface area contributed by atoms with Gasteiger partial charge < -0.3 is 14.6 Å². The van der Waals surface area contributed by atoms with Gasteiger partial charge in [-0.3, -0.25) is 0 Å². The van der Waals surface area contributed by atoms with Gasteiger partial charge in [-0.1, -0.05) is 6.42 Å². The van der Waals surface area contributed by atoms with Gasteiger partial charge in [-0.25, -0.2) is 0 Å². The van der Waals surface area contributed by atoms with Crippen LogP contribution in [0, 0.1) is 0 Å². The first kappa shape index (κ1) is 16.3. The topological polar surface area (TPSA) is 38.7 Å². The van der Waals surface area contributed by atoms with Crippen molar-refractivity contribution in [1.29, 1.82) is 0 Å². The van der Waals surface area contributed by atoms with Crippen molar-refractivity contribution in [3.63, 3.8) is 0 Å². The monoisotopic (exact) mass is 372 g/mol. The Morgan fingerprint density at radius 1 is 0.786 bits per heavy atom. The number of phenols is 1. The lowest BCUT2D eigenvalue weighted by atomic mass is 9.70. The Bertz CT molecular complexity index is 1140. The first-order valence-corrected chi connectivity index (χ1v) is 10.3. The summed E-state index contributed by atoms with van der Waals surface area (Å²) < 4.78 is 11.2. The molecule has 3 aromatic carbocycles. The van der Waals surface area contributed by atoms with Crippen molar-refractivity contribution < 1.29 is 14.6 Å². The number of aryl methyl sites for hydroxylation is 2. The van der Waals surface area contributed by atoms with Gasteiger partial charge in [0.05, 0.1) is 14.2 Å². The van der Waals surface area contributed by atoms with Gasteiger partial charge >= 0.3 is 0 Å². The predicted molar refractivity (Wildman–Crippen MR) is 111 cm³/mol. The maximum absolute atomic E-state index is 11.0. The number of hydrogen-bond donors (Lipinski definition) is 1. The molecule has 0 aromatic heterocycles. The van der Waals surface area contributed by atoms with Crippen molar-refractivity contribution in [2.24, 2.45) is 0 Å². The van der Waals surface area contributed by atoms with Crippen LogP contribution in [0.1, 0.15) is 53.4 Å². The van der Waals surface area contributed by atoms with Crippen LogP contribution in [-0.4, -0.2) is 19.3 Å². The lowest BCUT2D eigenvalue weighted by Crippen LogP contribution is -2.15. The van der Waals surface area contributed by atoms with Gasteiger partial charge in [0.15, 0.2) is 0 Å². The average molecular weight is 372 g/mol. The van der Waals surface area contributed by atoms with Gasteiger partial charge in [-0.2, -0.15) is 0 Å². The van der Waals surface area contributed by atoms with Crippen molar-refractivity contribution >= 4 is 10.8 Å². The summed E-state index contributed by atoms with van der Waals surface area (Å²) in [4.78, 5) is 0. The lowest BCUT2D eigenvalue weighted by molar-refractivity contribution is 0.413. The molecule has 0 amide bonds. The molecule has 142 valence electrons. The van der Waals surface area contributed by atoms with Crippen molar-refractivity contribution in [3.05, 3.63) is 52.6 Å². The molecule has 3 aliphatic rings. The van der Waals surface area contributed by atoms with E-state index < -0.39 is 0 Å². The van der Waals surface area contributed by atoms with E-state index in [0.717, 1.165) is 29.7 Å². The molecule has 6 rings (SSSR count). The molecule has 3 heteroatoms. The molecule has 0 radical (unpaired) electrons. The Hall–Kier alpha value is -2.68. The van der Waals surface area contributed by atoms with Crippen LogP contribution >= 0.6 is 0 Å². The summed E-state index contributed by atoms with van der Waals surface area (Å²) in [5.41, 5.74) is 8.23. The van der Waals surface area contributed by atoms with Crippen LogP contribution in [0.5, 0.6) is 17.2 Å². The highest BCUT2D eigenvalue weighted by molar-refractivity contribution is 6.07. The highest BCUT2D eigenvalue weighted by Crippen LogP contribution is 2.59. The highest BCUT2D eigenvalue weighted by Gasteiger charge is 2.40. The fourth-order valence-corrected chi connectivity index (χ4v) is 6.07. The second-order valence-corrected chi connectivity index (χ2v) is 8.46. The molecule has 3 aromatic rings. The van der Waals surface area contributed by atoms with Crippen LogP contribution in [0.15, 0.2) is 30.3 Å². The zero-order chi connectivity index (χ0) is 19.0. The number of methoxy groups -OCH3 is 2. The zero-order valence-electron chi connectivity index (χ0n) is 16.3. The Kier molecular flexibility index (Phi) is 3.30. The number of hydrogen-bond acceptors (Lipinski definition) is 3. The Morgan fingerprint density at radius 2 is 1.43 bits per heavy atom. The fraction of sp³-hybridized carbons (Fsp3) is 0.360. The van der Waals surface area contributed by atoms with E-state index in [0.29, 0.717) is 17.6 Å². The van der Waals surface area contributed by atoms with Gasteiger partial charge in [0.2, 0.25) is 0 Å². The SMILES string of the molecule is COc1cc2c3c(c1)C1CCCC1c1cc(O)c4cc(OC)cc(c4c1-3)CC2. The van der Waals surface area contributed by atoms with Gasteiger partial charge in [-0.15, -0.1) is 0 Å². The number of benzene rings is 3. The molecular formula is C25H24O3. The Morgan fingerprint density at radius 3 is 2.18 bits per heavy atom. The number of phenolic OH excluding ortho intramolecular Hbond substituents is 1. The molecule has 0 heterocycles. The standard InChI is InChI=1S/C25H24O3/c1-27-15-8-13-6-7-14-9-16(28-2)11-21-22(26)12-20-18-5-3-4-17(18)19(10-15)23(13)25(20)24(14)21/h8-12,17-18,26H,3-7H2,1-2H3. The van der Waals surface area contributed by atoms with E-state index in [1.165, 1.54) is 58.0 Å². The molecule has 0 aliphatic heterocycles. The molecule has 0 saturated heterocycles. The van der Waals surface area contributed by atoms with Crippen molar-refractivity contribution in [2.45, 2.75) is 43.9 Å². The van der Waals surface area contributed by atoms with Gasteiger partial charge in [0.25, 0.3) is 0 Å². The van der Waals surface area contributed by atoms with Crippen molar-refractivity contribution in [2.75, 3.05) is 14.2 Å². The molecular weight excluding hydrogens is 348 g/mol. The maximum atomic E-state index is 11.0. The van der Waals surface area contributed by atoms with Crippen LogP contribution in [0.4, 0.5) is 0 Å². The smallest absolute Gasteiger partial charge is 0.123 e. The minimum absolute atomic E-state index is 0.389. The minimum Gasteiger partial charge on any atom is -0.507 e. The third-order valence-electron chi connectivity index (χ3n) is 7.22. The van der Waals surface area contributed by atoms with E-state index in [2.05, 4.69) is 18.2 Å². The maximum Gasteiger partial charge on any atom is 0.123 e. The molecule has 3 aliphatic carbocycles. The van der Waals surface area contributed by atoms with E-state index in [1.54, 1.807) is 14.2 Å². The first-order chi connectivity index (χ1) is 13.7. The molecule has 1 fully saturated rings. The van der Waals surface area contributed by atoms with Crippen LogP contribution < -0.4 is 9.47 Å². The second-order valence-electron chi connectivity index (χ2n) is 8.46. The summed E-state index contributed by atoms with van der Waals surface area (Å²) in [6.07, 6.45) is 5.58. The van der Waals surface area contributed by atoms with Gasteiger partial charge in [-0.05, 0) is 107 Å². The summed E-state index contributed by atoms with van der Waals surface area (Å²) in [5.74, 6) is 3.20. The molecule has 2 unspecified atom stereocenters. The van der Waals surface area contributed by atoms with E-state index in [9.17, 15) is 5.11 Å². The number of fused-ring (bicyclic) bond motifs is 3. The third-order valence-corrected chi connectivity index (χ3v) is 7.22. The normalized spacial score (nSPS) is 21.4. The van der Waals surface area contributed by atoms with Gasteiger partial charge in [0, 0.05) is 5.39 Å². The summed E-state index contributed by atoms with van der Waals surface area (Å²) in [6, 6.07) is 10.7. The third kappa shape index (κ3) is 1.99. The molecule has 3 nitrogen and oxygen atoms in total. The van der Waals surface area contributed by atoms with Crippen molar-refractivity contribution in [3.8, 4) is 28.4 Å². The summed E-state index contributed by atoms with van der Waals surface area (Å²) in [6.45, 7) is 0. The molecule has 28 heavy (non-hydrogen) atoms. The number of rotatable bonds is 2. The second kappa shape index (κ2) is 5.66. The molecule has 2 atom stereocenters. The summed E-state index contributed by atoms with van der Waals surface area (Å²) >= 11 is 0. The lowest BCUT2D eigenvalue weighted by Gasteiger charge is -2.33. The van der Waals surface area contributed by atoms with Crippen LogP contribution in [0.3, 0.4) is 0 Å². The number of aromatic hydroxyl groups is 1. The van der Waals surface area contributed by atoms with Crippen LogP contribution in [-0.2, 0) is 12.8 Å². The van der Waals surface area contributed by atoms with E-state index in [1.807, 2.05) is 12.1 Å². The molecule has 0 spiro atoms. The van der Waals surface area contributed by atoms with Gasteiger partial charge in [0.1, 0.15) is 17.2 Å². The van der Waals surface area contributed by atoms with Crippen LogP contribution in [0.2, 0.25) is 0 Å². The molecule has 1 N–H and O–H groups in total. The van der Waals surface area contributed by atoms with E-state index in [4.69, 9.17) is 9.47 Å².